The van der Waals surface area contributed by atoms with Gasteiger partial charge in [-0.05, 0) is 55.7 Å². The van der Waals surface area contributed by atoms with Gasteiger partial charge < -0.3 is 32.3 Å². The van der Waals surface area contributed by atoms with Crippen LogP contribution < -0.4 is 22.1 Å². The number of carbonyl (C=O) groups excluding carboxylic acids is 1. The van der Waals surface area contributed by atoms with Crippen molar-refractivity contribution in [1.29, 1.82) is 0 Å². The first-order chi connectivity index (χ1) is 15.7. The van der Waals surface area contributed by atoms with Gasteiger partial charge in [-0.15, -0.1) is 0 Å². The van der Waals surface area contributed by atoms with E-state index >= 15 is 0 Å². The number of carboxylic acids is 2. The average Bonchev–Trinajstić information content (AvgIpc) is 2.77. The van der Waals surface area contributed by atoms with Crippen molar-refractivity contribution in [3.63, 3.8) is 0 Å². The first-order valence-corrected chi connectivity index (χ1v) is 10.7. The minimum Gasteiger partial charge on any atom is -0.481 e. The lowest BCUT2D eigenvalue weighted by atomic mass is 9.90. The van der Waals surface area contributed by atoms with Crippen molar-refractivity contribution in [2.24, 2.45) is 5.92 Å². The van der Waals surface area contributed by atoms with Crippen molar-refractivity contribution in [2.75, 3.05) is 23.3 Å². The Hall–Kier alpha value is -3.89. The lowest BCUT2D eigenvalue weighted by molar-refractivity contribution is -0.140. The smallest absolute Gasteiger partial charge is 0.326 e. The summed E-state index contributed by atoms with van der Waals surface area (Å²) in [6.07, 6.45) is 2.51. The molecule has 2 aromatic rings. The normalized spacial score (nSPS) is 15.7. The molecule has 8 N–H and O–H groups in total. The van der Waals surface area contributed by atoms with Gasteiger partial charge in [0.1, 0.15) is 17.7 Å². The third-order valence-corrected chi connectivity index (χ3v) is 5.65. The Morgan fingerprint density at radius 1 is 1.15 bits per heavy atom. The zero-order valence-corrected chi connectivity index (χ0v) is 18.1. The van der Waals surface area contributed by atoms with E-state index in [9.17, 15) is 19.5 Å². The van der Waals surface area contributed by atoms with Gasteiger partial charge in [-0.1, -0.05) is 12.1 Å². The number of nitrogen functional groups attached to an aromatic ring is 2. The fraction of sp³-hybridized carbons (Fsp3) is 0.409. The number of hydrogen-bond acceptors (Lipinski definition) is 8. The Morgan fingerprint density at radius 2 is 1.88 bits per heavy atom. The molecule has 2 heterocycles. The van der Waals surface area contributed by atoms with Crippen LogP contribution in [0, 0.1) is 5.92 Å². The molecule has 0 bridgehead atoms. The predicted octanol–water partition coefficient (Wildman–Crippen LogP) is 1.30. The SMILES string of the molecule is Nc1nc(N)c2c(n1)NCC(CCc1ccc(C(=O)N[C@@H](CCCC(=O)O)C(=O)O)cc1)C2. The summed E-state index contributed by atoms with van der Waals surface area (Å²) in [5.41, 5.74) is 13.9. The average molecular weight is 457 g/mol. The van der Waals surface area contributed by atoms with Crippen molar-refractivity contribution >= 4 is 35.4 Å². The monoisotopic (exact) mass is 456 g/mol. The lowest BCUT2D eigenvalue weighted by Gasteiger charge is -2.26. The number of hydrogen-bond donors (Lipinski definition) is 6. The highest BCUT2D eigenvalue weighted by atomic mass is 16.4. The third-order valence-electron chi connectivity index (χ3n) is 5.65. The summed E-state index contributed by atoms with van der Waals surface area (Å²) in [5.74, 6) is -1.13. The molecule has 0 radical (unpaired) electrons. The molecule has 1 aromatic heterocycles. The van der Waals surface area contributed by atoms with Crippen molar-refractivity contribution in [3.8, 4) is 0 Å². The second-order valence-corrected chi connectivity index (χ2v) is 8.13. The van der Waals surface area contributed by atoms with Crippen LogP contribution in [0.3, 0.4) is 0 Å². The number of aliphatic carboxylic acids is 2. The number of carbonyl (C=O) groups is 3. The van der Waals surface area contributed by atoms with Crippen molar-refractivity contribution in [1.82, 2.24) is 15.3 Å². The van der Waals surface area contributed by atoms with E-state index in [1.54, 1.807) is 12.1 Å². The molecule has 1 unspecified atom stereocenters. The summed E-state index contributed by atoms with van der Waals surface area (Å²) in [6.45, 7) is 0.752. The fourth-order valence-corrected chi connectivity index (χ4v) is 3.82. The topological polar surface area (TPSA) is 194 Å². The lowest BCUT2D eigenvalue weighted by Crippen LogP contribution is -2.40. The Kier molecular flexibility index (Phi) is 7.65. The minimum absolute atomic E-state index is 0.0478. The minimum atomic E-state index is -1.19. The number of fused-ring (bicyclic) bond motifs is 1. The molecule has 0 spiro atoms. The van der Waals surface area contributed by atoms with E-state index in [-0.39, 0.29) is 25.2 Å². The standard InChI is InChI=1S/C22H28N6O5/c23-18-15-10-13(11-25-19(15)28-22(24)27-18)5-4-12-6-8-14(9-7-12)20(31)26-16(21(32)33)2-1-3-17(29)30/h6-9,13,16H,1-5,10-11H2,(H,26,31)(H,29,30)(H,32,33)(H5,23,24,25,27,28)/t13?,16-/m0/s1. The van der Waals surface area contributed by atoms with E-state index in [2.05, 4.69) is 20.6 Å². The van der Waals surface area contributed by atoms with Gasteiger partial charge in [-0.2, -0.15) is 9.97 Å². The van der Waals surface area contributed by atoms with E-state index in [1.807, 2.05) is 12.1 Å². The molecule has 3 rings (SSSR count). The number of carboxylic acid groups (broad SMARTS) is 2. The van der Waals surface area contributed by atoms with Crippen molar-refractivity contribution in [3.05, 3.63) is 41.0 Å². The van der Waals surface area contributed by atoms with Crippen LogP contribution in [0.1, 0.15) is 47.2 Å². The molecule has 11 heteroatoms. The highest BCUT2D eigenvalue weighted by Crippen LogP contribution is 2.29. The molecule has 176 valence electrons. The van der Waals surface area contributed by atoms with Gasteiger partial charge in [0.05, 0.1) is 0 Å². The summed E-state index contributed by atoms with van der Waals surface area (Å²) < 4.78 is 0. The number of aryl methyl sites for hydroxylation is 1. The largest absolute Gasteiger partial charge is 0.481 e. The quantitative estimate of drug-likeness (QED) is 0.303. The Labute approximate surface area is 190 Å². The number of benzene rings is 1. The first-order valence-electron chi connectivity index (χ1n) is 10.7. The van der Waals surface area contributed by atoms with Gasteiger partial charge in [0, 0.05) is 24.1 Å². The molecule has 0 aliphatic carbocycles. The Bertz CT molecular complexity index is 1030. The van der Waals surface area contributed by atoms with Crippen LogP contribution in [0.25, 0.3) is 0 Å². The van der Waals surface area contributed by atoms with Gasteiger partial charge in [0.2, 0.25) is 5.95 Å². The third kappa shape index (κ3) is 6.55. The number of amides is 1. The number of nitrogens with two attached hydrogens (primary N) is 2. The summed E-state index contributed by atoms with van der Waals surface area (Å²) in [4.78, 5) is 42.6. The maximum atomic E-state index is 12.4. The molecule has 0 fully saturated rings. The Balaban J connectivity index is 1.52. The van der Waals surface area contributed by atoms with E-state index in [1.165, 1.54) is 0 Å². The van der Waals surface area contributed by atoms with Crippen LogP contribution in [0.2, 0.25) is 0 Å². The molecule has 33 heavy (non-hydrogen) atoms. The van der Waals surface area contributed by atoms with Gasteiger partial charge >= 0.3 is 11.9 Å². The summed E-state index contributed by atoms with van der Waals surface area (Å²) >= 11 is 0. The first kappa shape index (κ1) is 23.8. The zero-order valence-electron chi connectivity index (χ0n) is 18.1. The second-order valence-electron chi connectivity index (χ2n) is 8.13. The van der Waals surface area contributed by atoms with E-state index in [0.29, 0.717) is 23.1 Å². The van der Waals surface area contributed by atoms with E-state index in [0.717, 1.165) is 36.9 Å². The van der Waals surface area contributed by atoms with Crippen LogP contribution in [0.4, 0.5) is 17.6 Å². The van der Waals surface area contributed by atoms with Crippen LogP contribution >= 0.6 is 0 Å². The molecule has 11 nitrogen and oxygen atoms in total. The number of nitrogens with zero attached hydrogens (tertiary/aromatic N) is 2. The molecule has 1 aliphatic rings. The van der Waals surface area contributed by atoms with Gasteiger partial charge in [-0.25, -0.2) is 4.79 Å². The highest BCUT2D eigenvalue weighted by Gasteiger charge is 2.23. The second kappa shape index (κ2) is 10.6. The zero-order chi connectivity index (χ0) is 24.0. The van der Waals surface area contributed by atoms with Crippen LogP contribution in [0.5, 0.6) is 0 Å². The van der Waals surface area contributed by atoms with Gasteiger partial charge in [0.25, 0.3) is 5.91 Å². The van der Waals surface area contributed by atoms with Crippen LogP contribution in [-0.2, 0) is 22.4 Å². The molecular formula is C22H28N6O5. The molecule has 1 aliphatic heterocycles. The van der Waals surface area contributed by atoms with Crippen LogP contribution in [0.15, 0.2) is 24.3 Å². The van der Waals surface area contributed by atoms with Crippen molar-refractivity contribution in [2.45, 2.75) is 44.6 Å². The predicted molar refractivity (Wildman–Crippen MR) is 122 cm³/mol. The molecular weight excluding hydrogens is 428 g/mol. The Morgan fingerprint density at radius 3 is 2.55 bits per heavy atom. The summed E-state index contributed by atoms with van der Waals surface area (Å²) in [6, 6.07) is 5.87. The molecule has 0 saturated carbocycles. The fourth-order valence-electron chi connectivity index (χ4n) is 3.82. The highest BCUT2D eigenvalue weighted by molar-refractivity contribution is 5.96. The maximum Gasteiger partial charge on any atom is 0.326 e. The van der Waals surface area contributed by atoms with Crippen LogP contribution in [-0.4, -0.2) is 50.6 Å². The van der Waals surface area contributed by atoms with Crippen molar-refractivity contribution < 1.29 is 24.6 Å². The maximum absolute atomic E-state index is 12.4. The molecule has 2 atom stereocenters. The number of anilines is 3. The van der Waals surface area contributed by atoms with E-state index in [4.69, 9.17) is 16.6 Å². The number of aromatic nitrogens is 2. The van der Waals surface area contributed by atoms with E-state index < -0.39 is 23.9 Å². The molecule has 0 saturated heterocycles. The van der Waals surface area contributed by atoms with Gasteiger partial charge in [-0.3, -0.25) is 9.59 Å². The summed E-state index contributed by atoms with van der Waals surface area (Å²) in [7, 11) is 0. The van der Waals surface area contributed by atoms with Gasteiger partial charge in [0.15, 0.2) is 0 Å². The molecule has 1 aromatic carbocycles. The summed E-state index contributed by atoms with van der Waals surface area (Å²) in [5, 5.41) is 23.7. The molecule has 1 amide bonds. The number of rotatable bonds is 10. The number of nitrogens with one attached hydrogen (secondary N) is 2.